The average molecular weight is 233 g/mol. The molecule has 2 rings (SSSR count). The molecule has 0 unspecified atom stereocenters. The Morgan fingerprint density at radius 2 is 2.07 bits per heavy atom. The summed E-state index contributed by atoms with van der Waals surface area (Å²) in [6, 6.07) is 0. The number of nitrogens with zero attached hydrogens (tertiary/aromatic N) is 1. The molecule has 2 nitrogen and oxygen atoms in total. The van der Waals surface area contributed by atoms with Crippen molar-refractivity contribution in [1.82, 2.24) is 0 Å². The molecule has 0 aromatic carbocycles. The van der Waals surface area contributed by atoms with Gasteiger partial charge in [0.05, 0.1) is 0 Å². The number of hydrogen-bond donors (Lipinski definition) is 0. The molecule has 1 heterocycles. The van der Waals surface area contributed by atoms with Crippen molar-refractivity contribution in [2.24, 2.45) is 4.99 Å². The van der Waals surface area contributed by atoms with Crippen LogP contribution in [0.1, 0.15) is 21.7 Å². The second-order valence-electron chi connectivity index (χ2n) is 3.24. The van der Waals surface area contributed by atoms with Gasteiger partial charge in [-0.15, -0.1) is 11.3 Å². The van der Waals surface area contributed by atoms with Crippen molar-refractivity contribution < 1.29 is 18.0 Å². The number of carbonyl (C=O) groups excluding carboxylic acids is 1. The van der Waals surface area contributed by atoms with Gasteiger partial charge in [-0.1, -0.05) is 0 Å². The highest BCUT2D eigenvalue weighted by molar-refractivity contribution is 7.12. The molecule has 6 heteroatoms. The summed E-state index contributed by atoms with van der Waals surface area (Å²) in [5, 5.41) is 0. The maximum absolute atomic E-state index is 12.5. The molecule has 1 aromatic rings. The van der Waals surface area contributed by atoms with Gasteiger partial charge in [-0.2, -0.15) is 18.2 Å². The quantitative estimate of drug-likeness (QED) is 0.541. The Bertz CT molecular complexity index is 443. The summed E-state index contributed by atoms with van der Waals surface area (Å²) in [7, 11) is 0. The fourth-order valence-electron chi connectivity index (χ4n) is 1.74. The minimum Gasteiger partial charge on any atom is -0.211 e. The Morgan fingerprint density at radius 3 is 2.67 bits per heavy atom. The van der Waals surface area contributed by atoms with E-state index in [1.165, 1.54) is 6.08 Å². The summed E-state index contributed by atoms with van der Waals surface area (Å²) < 4.78 is 37.6. The highest BCUT2D eigenvalue weighted by Crippen LogP contribution is 2.48. The van der Waals surface area contributed by atoms with Crippen LogP contribution in [-0.2, 0) is 23.8 Å². The highest BCUT2D eigenvalue weighted by Gasteiger charge is 2.39. The van der Waals surface area contributed by atoms with Crippen molar-refractivity contribution in [1.29, 1.82) is 0 Å². The Balaban J connectivity index is 2.61. The second kappa shape index (κ2) is 3.47. The van der Waals surface area contributed by atoms with Crippen LogP contribution in [0.25, 0.3) is 0 Å². The van der Waals surface area contributed by atoms with Crippen LogP contribution < -0.4 is 0 Å². The SMILES string of the molecule is O=C=Nc1c(C(F)(F)F)sc2c1CCC2. The molecule has 0 amide bonds. The molecule has 0 radical (unpaired) electrons. The predicted molar refractivity (Wildman–Crippen MR) is 49.1 cm³/mol. The van der Waals surface area contributed by atoms with E-state index < -0.39 is 11.1 Å². The maximum Gasteiger partial charge on any atom is 0.427 e. The Hall–Kier alpha value is -1.13. The lowest BCUT2D eigenvalue weighted by Gasteiger charge is -2.04. The van der Waals surface area contributed by atoms with E-state index in [4.69, 9.17) is 0 Å². The van der Waals surface area contributed by atoms with E-state index in [1.54, 1.807) is 0 Å². The van der Waals surface area contributed by atoms with Gasteiger partial charge in [0, 0.05) is 4.88 Å². The number of rotatable bonds is 1. The van der Waals surface area contributed by atoms with Crippen LogP contribution in [0.5, 0.6) is 0 Å². The standard InChI is InChI=1S/C9H6F3NOS/c10-9(11,12)8-7(13-4-14)5-2-1-3-6(5)15-8/h1-3H2. The molecule has 0 saturated heterocycles. The summed E-state index contributed by atoms with van der Waals surface area (Å²) in [4.78, 5) is 13.2. The van der Waals surface area contributed by atoms with Gasteiger partial charge in [-0.25, -0.2) is 4.79 Å². The van der Waals surface area contributed by atoms with Gasteiger partial charge in [0.1, 0.15) is 10.6 Å². The molecule has 15 heavy (non-hydrogen) atoms. The summed E-state index contributed by atoms with van der Waals surface area (Å²) in [6.07, 6.45) is -1.18. The van der Waals surface area contributed by atoms with Crippen molar-refractivity contribution in [3.63, 3.8) is 0 Å². The molecule has 0 bridgehead atoms. The first-order valence-electron chi connectivity index (χ1n) is 4.33. The lowest BCUT2D eigenvalue weighted by atomic mass is 10.2. The van der Waals surface area contributed by atoms with E-state index in [1.807, 2.05) is 0 Å². The minimum absolute atomic E-state index is 0.213. The normalized spacial score (nSPS) is 14.9. The Morgan fingerprint density at radius 1 is 1.33 bits per heavy atom. The van der Waals surface area contributed by atoms with Crippen LogP contribution in [0.4, 0.5) is 18.9 Å². The van der Waals surface area contributed by atoms with Gasteiger partial charge < -0.3 is 0 Å². The van der Waals surface area contributed by atoms with Crippen LogP contribution in [0, 0.1) is 0 Å². The zero-order chi connectivity index (χ0) is 11.1. The van der Waals surface area contributed by atoms with Crippen LogP contribution in [0.3, 0.4) is 0 Å². The number of aliphatic imine (C=N–C) groups is 1. The topological polar surface area (TPSA) is 29.4 Å². The van der Waals surface area contributed by atoms with Crippen molar-refractivity contribution in [3.8, 4) is 0 Å². The third-order valence-corrected chi connectivity index (χ3v) is 3.63. The monoisotopic (exact) mass is 233 g/mol. The Labute approximate surface area is 87.4 Å². The number of halogens is 3. The number of isocyanates is 1. The molecular weight excluding hydrogens is 227 g/mol. The molecule has 0 saturated carbocycles. The maximum atomic E-state index is 12.5. The van der Waals surface area contributed by atoms with E-state index >= 15 is 0 Å². The van der Waals surface area contributed by atoms with E-state index in [9.17, 15) is 18.0 Å². The zero-order valence-corrected chi connectivity index (χ0v) is 8.34. The predicted octanol–water partition coefficient (Wildman–Crippen LogP) is 3.22. The molecule has 0 atom stereocenters. The number of aryl methyl sites for hydroxylation is 1. The van der Waals surface area contributed by atoms with Gasteiger partial charge in [0.15, 0.2) is 0 Å². The van der Waals surface area contributed by atoms with E-state index in [0.29, 0.717) is 34.6 Å². The number of fused-ring (bicyclic) bond motifs is 1. The molecule has 1 aromatic heterocycles. The third-order valence-electron chi connectivity index (χ3n) is 2.31. The number of thiophene rings is 1. The van der Waals surface area contributed by atoms with Gasteiger partial charge in [0.2, 0.25) is 6.08 Å². The van der Waals surface area contributed by atoms with E-state index in [-0.39, 0.29) is 5.69 Å². The summed E-state index contributed by atoms with van der Waals surface area (Å²) in [6.45, 7) is 0. The lowest BCUT2D eigenvalue weighted by Crippen LogP contribution is -2.02. The zero-order valence-electron chi connectivity index (χ0n) is 7.52. The van der Waals surface area contributed by atoms with Crippen LogP contribution in [-0.4, -0.2) is 6.08 Å². The fourth-order valence-corrected chi connectivity index (χ4v) is 2.94. The summed E-state index contributed by atoms with van der Waals surface area (Å²) >= 11 is 0.698. The van der Waals surface area contributed by atoms with Gasteiger partial charge in [-0.05, 0) is 24.8 Å². The molecule has 0 fully saturated rings. The molecule has 0 aliphatic heterocycles. The molecule has 0 spiro atoms. The summed E-state index contributed by atoms with van der Waals surface area (Å²) in [5.74, 6) is 0. The second-order valence-corrected chi connectivity index (χ2v) is 4.34. The Kier molecular flexibility index (Phi) is 2.40. The molecule has 80 valence electrons. The minimum atomic E-state index is -4.43. The third kappa shape index (κ3) is 1.70. The van der Waals surface area contributed by atoms with Gasteiger partial charge in [0.25, 0.3) is 0 Å². The van der Waals surface area contributed by atoms with Crippen LogP contribution in [0.2, 0.25) is 0 Å². The average Bonchev–Trinajstić information content (AvgIpc) is 2.65. The van der Waals surface area contributed by atoms with E-state index in [0.717, 1.165) is 6.42 Å². The van der Waals surface area contributed by atoms with E-state index in [2.05, 4.69) is 4.99 Å². The first-order chi connectivity index (χ1) is 7.04. The molecule has 0 N–H and O–H groups in total. The molecular formula is C9H6F3NOS. The fraction of sp³-hybridized carbons (Fsp3) is 0.444. The van der Waals surface area contributed by atoms with Crippen LogP contribution in [0.15, 0.2) is 4.99 Å². The van der Waals surface area contributed by atoms with Crippen molar-refractivity contribution in [3.05, 3.63) is 15.3 Å². The van der Waals surface area contributed by atoms with Gasteiger partial charge >= 0.3 is 6.18 Å². The molecule has 1 aliphatic carbocycles. The lowest BCUT2D eigenvalue weighted by molar-refractivity contribution is -0.133. The van der Waals surface area contributed by atoms with Crippen LogP contribution >= 0.6 is 11.3 Å². The first kappa shape index (κ1) is 10.4. The smallest absolute Gasteiger partial charge is 0.211 e. The number of alkyl halides is 3. The van der Waals surface area contributed by atoms with Crippen molar-refractivity contribution in [2.75, 3.05) is 0 Å². The highest BCUT2D eigenvalue weighted by atomic mass is 32.1. The first-order valence-corrected chi connectivity index (χ1v) is 5.15. The summed E-state index contributed by atoms with van der Waals surface area (Å²) in [5.41, 5.74) is 0.366. The van der Waals surface area contributed by atoms with Crippen molar-refractivity contribution >= 4 is 23.1 Å². The number of hydrogen-bond acceptors (Lipinski definition) is 3. The largest absolute Gasteiger partial charge is 0.427 e. The van der Waals surface area contributed by atoms with Gasteiger partial charge in [-0.3, -0.25) is 0 Å². The molecule has 1 aliphatic rings. The van der Waals surface area contributed by atoms with Crippen molar-refractivity contribution in [2.45, 2.75) is 25.4 Å².